The molecule has 1 aliphatic heterocycles. The summed E-state index contributed by atoms with van der Waals surface area (Å²) in [5, 5.41) is 4.03. The van der Waals surface area contributed by atoms with E-state index in [1.807, 2.05) is 61.7 Å². The lowest BCUT2D eigenvalue weighted by molar-refractivity contribution is 0.475. The van der Waals surface area contributed by atoms with Crippen LogP contribution >= 0.6 is 12.2 Å². The number of hydrogen-bond donors (Lipinski definition) is 2. The topological polar surface area (TPSA) is 92.4 Å². The van der Waals surface area contributed by atoms with Crippen molar-refractivity contribution in [1.82, 2.24) is 14.9 Å². The van der Waals surface area contributed by atoms with Crippen LogP contribution in [0.4, 0.5) is 11.4 Å². The highest BCUT2D eigenvalue weighted by atomic mass is 32.2. The molecule has 1 saturated heterocycles. The van der Waals surface area contributed by atoms with Crippen molar-refractivity contribution in [3.63, 3.8) is 0 Å². The maximum absolute atomic E-state index is 11.8. The molecule has 0 aliphatic carbocycles. The highest BCUT2D eigenvalue weighted by Gasteiger charge is 2.42. The summed E-state index contributed by atoms with van der Waals surface area (Å²) in [5.74, 6) is 0.851. The Hall–Kier alpha value is -3.63. The van der Waals surface area contributed by atoms with Crippen molar-refractivity contribution in [1.29, 1.82) is 0 Å². The van der Waals surface area contributed by atoms with E-state index in [-0.39, 0.29) is 12.1 Å². The number of rotatable bonds is 7. The Morgan fingerprint density at radius 1 is 1.14 bits per heavy atom. The Bertz CT molecular complexity index is 1450. The number of thiocarbonyl (C=S) groups is 1. The van der Waals surface area contributed by atoms with E-state index in [4.69, 9.17) is 16.6 Å². The second kappa shape index (κ2) is 9.20. The van der Waals surface area contributed by atoms with Gasteiger partial charge in [-0.15, -0.1) is 0 Å². The fourth-order valence-electron chi connectivity index (χ4n) is 4.46. The van der Waals surface area contributed by atoms with Gasteiger partial charge in [0.1, 0.15) is 11.8 Å². The number of furan rings is 1. The summed E-state index contributed by atoms with van der Waals surface area (Å²) in [6.45, 7) is 2.45. The van der Waals surface area contributed by atoms with Crippen LogP contribution in [-0.2, 0) is 16.6 Å². The van der Waals surface area contributed by atoms with Crippen molar-refractivity contribution in [2.75, 3.05) is 15.9 Å². The van der Waals surface area contributed by atoms with Crippen LogP contribution < -0.4 is 14.9 Å². The van der Waals surface area contributed by atoms with E-state index in [1.54, 1.807) is 18.5 Å². The van der Waals surface area contributed by atoms with E-state index in [9.17, 15) is 8.42 Å². The number of aromatic nitrogens is 2. The van der Waals surface area contributed by atoms with Crippen molar-refractivity contribution in [2.24, 2.45) is 0 Å². The minimum Gasteiger partial charge on any atom is -0.467 e. The number of hydrogen-bond acceptors (Lipinski definition) is 5. The van der Waals surface area contributed by atoms with Gasteiger partial charge in [-0.05, 0) is 79.3 Å². The van der Waals surface area contributed by atoms with Crippen LogP contribution in [0.2, 0.25) is 0 Å². The number of nitrogens with one attached hydrogen (secondary N) is 2. The van der Waals surface area contributed by atoms with E-state index in [0.717, 1.165) is 34.7 Å². The molecule has 1 aliphatic rings. The van der Waals surface area contributed by atoms with E-state index < -0.39 is 10.0 Å². The highest BCUT2D eigenvalue weighted by Crippen LogP contribution is 2.42. The van der Waals surface area contributed by atoms with Crippen LogP contribution in [0.25, 0.3) is 0 Å². The van der Waals surface area contributed by atoms with Crippen LogP contribution in [0.3, 0.4) is 0 Å². The molecule has 8 nitrogen and oxygen atoms in total. The van der Waals surface area contributed by atoms with E-state index in [0.29, 0.717) is 17.3 Å². The average Bonchev–Trinajstić information content (AvgIpc) is 3.56. The van der Waals surface area contributed by atoms with Crippen molar-refractivity contribution < 1.29 is 12.8 Å². The van der Waals surface area contributed by atoms with E-state index in [1.165, 1.54) is 0 Å². The smallest absolute Gasteiger partial charge is 0.229 e. The Labute approximate surface area is 209 Å². The molecule has 1 aromatic carbocycles. The van der Waals surface area contributed by atoms with E-state index >= 15 is 0 Å². The van der Waals surface area contributed by atoms with Gasteiger partial charge in [0, 0.05) is 23.8 Å². The third kappa shape index (κ3) is 4.80. The maximum atomic E-state index is 11.8. The third-order valence-corrected chi connectivity index (χ3v) is 6.86. The summed E-state index contributed by atoms with van der Waals surface area (Å²) in [6, 6.07) is 19.0. The van der Waals surface area contributed by atoms with Crippen LogP contribution in [0.1, 0.15) is 34.8 Å². The van der Waals surface area contributed by atoms with Gasteiger partial charge in [0.25, 0.3) is 0 Å². The van der Waals surface area contributed by atoms with Gasteiger partial charge in [0.05, 0.1) is 36.5 Å². The molecule has 2 atom stereocenters. The molecule has 2 N–H and O–H groups in total. The van der Waals surface area contributed by atoms with Crippen LogP contribution in [-0.4, -0.2) is 29.3 Å². The predicted octanol–water partition coefficient (Wildman–Crippen LogP) is 4.38. The van der Waals surface area contributed by atoms with Gasteiger partial charge < -0.3 is 19.2 Å². The average molecular weight is 508 g/mol. The first-order chi connectivity index (χ1) is 16.8. The number of nitrogens with zero attached hydrogens (tertiary/aromatic N) is 3. The Balaban J connectivity index is 1.58. The lowest BCUT2D eigenvalue weighted by atomic mass is 10.0. The van der Waals surface area contributed by atoms with Gasteiger partial charge in [0.2, 0.25) is 10.0 Å². The molecule has 0 bridgehead atoms. The highest BCUT2D eigenvalue weighted by molar-refractivity contribution is 7.92. The van der Waals surface area contributed by atoms with Crippen molar-refractivity contribution in [3.8, 4) is 0 Å². The van der Waals surface area contributed by atoms with Gasteiger partial charge >= 0.3 is 0 Å². The number of benzene rings is 1. The monoisotopic (exact) mass is 507 g/mol. The summed E-state index contributed by atoms with van der Waals surface area (Å²) in [6.07, 6.45) is 6.61. The predicted molar refractivity (Wildman–Crippen MR) is 140 cm³/mol. The molecule has 1 fully saturated rings. The van der Waals surface area contributed by atoms with Gasteiger partial charge in [-0.3, -0.25) is 9.71 Å². The molecular weight excluding hydrogens is 482 g/mol. The minimum atomic E-state index is -3.39. The first kappa shape index (κ1) is 23.1. The van der Waals surface area contributed by atoms with Crippen LogP contribution in [0, 0.1) is 6.92 Å². The quantitative estimate of drug-likeness (QED) is 0.359. The fraction of sp³-hybridized carbons (Fsp3) is 0.200. The molecule has 180 valence electrons. The maximum Gasteiger partial charge on any atom is 0.229 e. The molecule has 0 amide bonds. The number of sulfonamides is 1. The normalized spacial score (nSPS) is 18.0. The summed E-state index contributed by atoms with van der Waals surface area (Å²) in [5.41, 5.74) is 4.10. The summed E-state index contributed by atoms with van der Waals surface area (Å²) < 4.78 is 33.8. The van der Waals surface area contributed by atoms with E-state index in [2.05, 4.69) is 30.6 Å². The van der Waals surface area contributed by atoms with Gasteiger partial charge in [-0.25, -0.2) is 8.42 Å². The molecule has 35 heavy (non-hydrogen) atoms. The molecule has 4 aromatic rings. The fourth-order valence-corrected chi connectivity index (χ4v) is 5.43. The molecule has 10 heteroatoms. The lowest BCUT2D eigenvalue weighted by Crippen LogP contribution is -2.30. The standard InChI is InChI=1S/C25H25N5O3S2/c1-17-15-18(10-11-20(17)28-35(2,31)32)30-24(23(27-25(30)34)21-8-3-4-12-26-21)22-9-5-13-29(22)16-19-7-6-14-33-19/h3-15,23-24,28H,16H2,1-2H3,(H,27,34)/t23-,24-/m1/s1. The third-order valence-electron chi connectivity index (χ3n) is 5.96. The summed E-state index contributed by atoms with van der Waals surface area (Å²) in [7, 11) is -3.39. The summed E-state index contributed by atoms with van der Waals surface area (Å²) >= 11 is 5.82. The number of pyridine rings is 1. The number of aryl methyl sites for hydroxylation is 1. The zero-order chi connectivity index (χ0) is 24.6. The Morgan fingerprint density at radius 3 is 2.69 bits per heavy atom. The van der Waals surface area contributed by atoms with Gasteiger partial charge in [-0.1, -0.05) is 6.07 Å². The zero-order valence-corrected chi connectivity index (χ0v) is 20.9. The lowest BCUT2D eigenvalue weighted by Gasteiger charge is -2.29. The van der Waals surface area contributed by atoms with Crippen molar-refractivity contribution in [2.45, 2.75) is 25.6 Å². The van der Waals surface area contributed by atoms with Crippen LogP contribution in [0.15, 0.2) is 83.7 Å². The van der Waals surface area contributed by atoms with Gasteiger partial charge in [-0.2, -0.15) is 0 Å². The van der Waals surface area contributed by atoms with Crippen molar-refractivity contribution in [3.05, 3.63) is 102 Å². The molecule has 0 saturated carbocycles. The molecular formula is C25H25N5O3S2. The Kier molecular flexibility index (Phi) is 6.08. The molecule has 4 heterocycles. The first-order valence-electron chi connectivity index (χ1n) is 11.1. The molecule has 0 spiro atoms. The second-order valence-electron chi connectivity index (χ2n) is 8.51. The largest absolute Gasteiger partial charge is 0.467 e. The molecule has 0 radical (unpaired) electrons. The molecule has 5 rings (SSSR count). The zero-order valence-electron chi connectivity index (χ0n) is 19.3. The SMILES string of the molecule is Cc1cc(N2C(=S)N[C@H](c3ccccn3)[C@H]2c2cccn2Cc2ccco2)ccc1NS(C)(=O)=O. The van der Waals surface area contributed by atoms with Crippen LogP contribution in [0.5, 0.6) is 0 Å². The summed E-state index contributed by atoms with van der Waals surface area (Å²) in [4.78, 5) is 6.68. The van der Waals surface area contributed by atoms with Gasteiger partial charge in [0.15, 0.2) is 5.11 Å². The molecule has 0 unspecified atom stereocenters. The second-order valence-corrected chi connectivity index (χ2v) is 10.6. The Morgan fingerprint density at radius 2 is 2.00 bits per heavy atom. The minimum absolute atomic E-state index is 0.192. The van der Waals surface area contributed by atoms with Crippen molar-refractivity contribution >= 4 is 38.7 Å². The molecule has 3 aromatic heterocycles. The first-order valence-corrected chi connectivity index (χ1v) is 13.4. The number of anilines is 2.